The fourth-order valence-corrected chi connectivity index (χ4v) is 2.86. The number of sulfonamides is 1. The van der Waals surface area contributed by atoms with E-state index in [1.165, 1.54) is 12.4 Å². The molecule has 110 valence electrons. The molecule has 0 atom stereocenters. The van der Waals surface area contributed by atoms with Crippen molar-refractivity contribution >= 4 is 15.7 Å². The summed E-state index contributed by atoms with van der Waals surface area (Å²) >= 11 is 0. The summed E-state index contributed by atoms with van der Waals surface area (Å²) in [5.74, 6) is 0. The van der Waals surface area contributed by atoms with Crippen LogP contribution in [0.4, 0.5) is 5.69 Å². The number of aromatic nitrogens is 4. The van der Waals surface area contributed by atoms with Gasteiger partial charge in [0.15, 0.2) is 0 Å². The Morgan fingerprint density at radius 2 is 2.15 bits per heavy atom. The van der Waals surface area contributed by atoms with Crippen LogP contribution in [-0.4, -0.2) is 42.0 Å². The van der Waals surface area contributed by atoms with Crippen LogP contribution in [-0.2, 0) is 16.6 Å². The molecular weight excluding hydrogens is 280 g/mol. The number of likely N-dealkylation sites (N-methyl/N-ethyl adjacent to an activating group) is 1. The van der Waals surface area contributed by atoms with Crippen molar-refractivity contribution in [2.45, 2.75) is 25.3 Å². The number of hydrogen-bond donors (Lipinski definition) is 3. The van der Waals surface area contributed by atoms with Gasteiger partial charge in [0, 0.05) is 12.7 Å². The van der Waals surface area contributed by atoms with Crippen molar-refractivity contribution in [3.8, 4) is 0 Å². The average Bonchev–Trinajstić information content (AvgIpc) is 2.99. The van der Waals surface area contributed by atoms with Gasteiger partial charge in [-0.25, -0.2) is 8.42 Å². The predicted octanol–water partition coefficient (Wildman–Crippen LogP) is 0.243. The highest BCUT2D eigenvalue weighted by Crippen LogP contribution is 2.20. The smallest absolute Gasteiger partial charge is 0.265 e. The van der Waals surface area contributed by atoms with Gasteiger partial charge in [-0.05, 0) is 20.9 Å². The Morgan fingerprint density at radius 3 is 2.75 bits per heavy atom. The highest BCUT2D eigenvalue weighted by atomic mass is 32.2. The molecule has 2 heterocycles. The van der Waals surface area contributed by atoms with E-state index in [4.69, 9.17) is 0 Å². The summed E-state index contributed by atoms with van der Waals surface area (Å²) in [6.07, 6.45) is 2.84. The number of rotatable bonds is 6. The van der Waals surface area contributed by atoms with Crippen molar-refractivity contribution in [1.29, 1.82) is 0 Å². The van der Waals surface area contributed by atoms with Crippen LogP contribution >= 0.6 is 0 Å². The minimum Gasteiger partial charge on any atom is -0.318 e. The van der Waals surface area contributed by atoms with Gasteiger partial charge in [-0.15, -0.1) is 0 Å². The molecule has 2 aromatic rings. The first kappa shape index (κ1) is 14.5. The number of nitrogens with one attached hydrogen (secondary N) is 3. The number of anilines is 1. The molecule has 0 aliphatic rings. The van der Waals surface area contributed by atoms with Gasteiger partial charge >= 0.3 is 0 Å². The topological polar surface area (TPSA) is 105 Å². The number of nitrogens with zero attached hydrogens (tertiary/aromatic N) is 3. The quantitative estimate of drug-likeness (QED) is 0.709. The Labute approximate surface area is 117 Å². The monoisotopic (exact) mass is 298 g/mol. The van der Waals surface area contributed by atoms with Crippen molar-refractivity contribution in [3.05, 3.63) is 23.8 Å². The summed E-state index contributed by atoms with van der Waals surface area (Å²) in [5, 5.41) is 13.7. The summed E-state index contributed by atoms with van der Waals surface area (Å²) in [6.45, 7) is 4.82. The summed E-state index contributed by atoms with van der Waals surface area (Å²) in [4.78, 5) is 0.133. The van der Waals surface area contributed by atoms with Crippen molar-refractivity contribution in [2.75, 3.05) is 18.3 Å². The van der Waals surface area contributed by atoms with E-state index in [0.717, 1.165) is 0 Å². The Balaban J connectivity index is 2.20. The van der Waals surface area contributed by atoms with Crippen LogP contribution in [0.2, 0.25) is 0 Å². The van der Waals surface area contributed by atoms with Crippen molar-refractivity contribution in [2.24, 2.45) is 0 Å². The molecule has 0 aromatic carbocycles. The van der Waals surface area contributed by atoms with Crippen molar-refractivity contribution in [3.63, 3.8) is 0 Å². The minimum atomic E-state index is -3.65. The molecule has 20 heavy (non-hydrogen) atoms. The number of aromatic amines is 1. The van der Waals surface area contributed by atoms with Gasteiger partial charge in [-0.3, -0.25) is 14.5 Å². The standard InChI is InChI=1S/C11H18N6O2S/c1-8-11(9(2)15-14-8)16-20(18,19)10-6-13-17(7-10)5-4-12-3/h6-7,12,16H,4-5H2,1-3H3,(H,14,15). The molecule has 0 saturated heterocycles. The van der Waals surface area contributed by atoms with Crippen molar-refractivity contribution < 1.29 is 8.42 Å². The zero-order valence-corrected chi connectivity index (χ0v) is 12.5. The fourth-order valence-electron chi connectivity index (χ4n) is 1.73. The number of hydrogen-bond acceptors (Lipinski definition) is 5. The molecule has 0 amide bonds. The molecule has 0 aliphatic carbocycles. The lowest BCUT2D eigenvalue weighted by Gasteiger charge is -2.05. The fraction of sp³-hybridized carbons (Fsp3) is 0.455. The van der Waals surface area contributed by atoms with Gasteiger partial charge in [-0.2, -0.15) is 10.2 Å². The maximum atomic E-state index is 12.3. The lowest BCUT2D eigenvalue weighted by molar-refractivity contribution is 0.582. The van der Waals surface area contributed by atoms with Gasteiger partial charge in [0.05, 0.1) is 29.8 Å². The van der Waals surface area contributed by atoms with Crippen molar-refractivity contribution in [1.82, 2.24) is 25.3 Å². The van der Waals surface area contributed by atoms with Crippen LogP contribution in [0, 0.1) is 13.8 Å². The first-order valence-corrected chi connectivity index (χ1v) is 7.64. The lowest BCUT2D eigenvalue weighted by Crippen LogP contribution is -2.15. The minimum absolute atomic E-state index is 0.133. The molecule has 0 spiro atoms. The Kier molecular flexibility index (Phi) is 4.09. The van der Waals surface area contributed by atoms with E-state index in [0.29, 0.717) is 30.2 Å². The highest BCUT2D eigenvalue weighted by molar-refractivity contribution is 7.92. The first-order valence-electron chi connectivity index (χ1n) is 6.15. The number of H-pyrrole nitrogens is 1. The molecule has 0 unspecified atom stereocenters. The first-order chi connectivity index (χ1) is 9.44. The maximum absolute atomic E-state index is 12.3. The van der Waals surface area contributed by atoms with E-state index < -0.39 is 10.0 Å². The second-order valence-corrected chi connectivity index (χ2v) is 6.14. The van der Waals surface area contributed by atoms with Crippen LogP contribution < -0.4 is 10.0 Å². The van der Waals surface area contributed by atoms with Gasteiger partial charge in [-0.1, -0.05) is 0 Å². The van der Waals surface area contributed by atoms with Gasteiger partial charge in [0.2, 0.25) is 0 Å². The van der Waals surface area contributed by atoms with Gasteiger partial charge < -0.3 is 5.32 Å². The van der Waals surface area contributed by atoms with Crippen LogP contribution in [0.25, 0.3) is 0 Å². The van der Waals surface area contributed by atoms with Crippen LogP contribution in [0.1, 0.15) is 11.4 Å². The molecule has 2 rings (SSSR count). The molecule has 0 aliphatic heterocycles. The molecule has 0 radical (unpaired) electrons. The third-order valence-electron chi connectivity index (χ3n) is 2.88. The normalized spacial score (nSPS) is 11.8. The molecule has 3 N–H and O–H groups in total. The maximum Gasteiger partial charge on any atom is 0.265 e. The zero-order chi connectivity index (χ0) is 14.8. The summed E-state index contributed by atoms with van der Waals surface area (Å²) in [7, 11) is -1.82. The van der Waals surface area contributed by atoms with E-state index in [1.54, 1.807) is 18.5 Å². The average molecular weight is 298 g/mol. The van der Waals surface area contributed by atoms with Gasteiger partial charge in [0.1, 0.15) is 4.90 Å². The Morgan fingerprint density at radius 1 is 1.40 bits per heavy atom. The van der Waals surface area contributed by atoms with E-state index in [1.807, 2.05) is 7.05 Å². The SMILES string of the molecule is CNCCn1cc(S(=O)(=O)Nc2c(C)n[nH]c2C)cn1. The molecule has 9 heteroatoms. The highest BCUT2D eigenvalue weighted by Gasteiger charge is 2.19. The molecule has 0 bridgehead atoms. The Bertz CT molecular complexity index is 668. The summed E-state index contributed by atoms with van der Waals surface area (Å²) in [6, 6.07) is 0. The summed E-state index contributed by atoms with van der Waals surface area (Å²) in [5.41, 5.74) is 1.76. The molecule has 0 saturated carbocycles. The molecule has 8 nitrogen and oxygen atoms in total. The zero-order valence-electron chi connectivity index (χ0n) is 11.6. The number of aryl methyl sites for hydroxylation is 2. The Hall–Kier alpha value is -1.87. The van der Waals surface area contributed by atoms with E-state index in [9.17, 15) is 8.42 Å². The van der Waals surface area contributed by atoms with Crippen LogP contribution in [0.5, 0.6) is 0 Å². The van der Waals surface area contributed by atoms with E-state index in [2.05, 4.69) is 25.3 Å². The lowest BCUT2D eigenvalue weighted by atomic mass is 10.3. The van der Waals surface area contributed by atoms with Crippen LogP contribution in [0.3, 0.4) is 0 Å². The predicted molar refractivity (Wildman–Crippen MR) is 75.0 cm³/mol. The molecule has 2 aromatic heterocycles. The third kappa shape index (κ3) is 2.99. The van der Waals surface area contributed by atoms with E-state index in [-0.39, 0.29) is 4.90 Å². The third-order valence-corrected chi connectivity index (χ3v) is 4.18. The summed E-state index contributed by atoms with van der Waals surface area (Å²) < 4.78 is 28.7. The second kappa shape index (κ2) is 5.63. The molecule has 0 fully saturated rings. The van der Waals surface area contributed by atoms with E-state index >= 15 is 0 Å². The second-order valence-electron chi connectivity index (χ2n) is 4.46. The van der Waals surface area contributed by atoms with Crippen LogP contribution in [0.15, 0.2) is 17.3 Å². The molecular formula is C11H18N6O2S. The largest absolute Gasteiger partial charge is 0.318 e. The van der Waals surface area contributed by atoms with Gasteiger partial charge in [0.25, 0.3) is 10.0 Å².